The van der Waals surface area contributed by atoms with Crippen LogP contribution in [0.5, 0.6) is 5.75 Å². The Bertz CT molecular complexity index is 1250. The molecule has 35 heavy (non-hydrogen) atoms. The minimum absolute atomic E-state index is 0.0285. The minimum Gasteiger partial charge on any atom is -0.494 e. The smallest absolute Gasteiger partial charge is 0.252 e. The van der Waals surface area contributed by atoms with E-state index in [9.17, 15) is 9.59 Å². The third kappa shape index (κ3) is 4.97. The Morgan fingerprint density at radius 3 is 2.77 bits per heavy atom. The van der Waals surface area contributed by atoms with Crippen molar-refractivity contribution in [3.63, 3.8) is 0 Å². The number of anilines is 3. The Hall–Kier alpha value is -3.92. The molecule has 2 fully saturated rings. The van der Waals surface area contributed by atoms with Gasteiger partial charge in [0.1, 0.15) is 5.82 Å². The summed E-state index contributed by atoms with van der Waals surface area (Å²) in [6, 6.07) is 9.40. The number of hydrogen-bond acceptors (Lipinski definition) is 7. The van der Waals surface area contributed by atoms with Crippen molar-refractivity contribution in [2.75, 3.05) is 31.0 Å². The zero-order valence-electron chi connectivity index (χ0n) is 19.5. The molecule has 3 aromatic rings. The monoisotopic (exact) mass is 476 g/mol. The molecule has 1 aliphatic carbocycles. The van der Waals surface area contributed by atoms with Crippen molar-refractivity contribution in [2.24, 2.45) is 11.7 Å². The highest BCUT2D eigenvalue weighted by atomic mass is 16.5. The van der Waals surface area contributed by atoms with Gasteiger partial charge in [-0.3, -0.25) is 14.3 Å². The molecule has 2 aliphatic rings. The van der Waals surface area contributed by atoms with E-state index in [1.807, 2.05) is 35.1 Å². The number of hydrogen-bond donors (Lipinski definition) is 3. The molecule has 4 N–H and O–H groups in total. The maximum Gasteiger partial charge on any atom is 0.252 e. The molecule has 10 nitrogen and oxygen atoms in total. The van der Waals surface area contributed by atoms with Gasteiger partial charge in [0.2, 0.25) is 5.91 Å². The van der Waals surface area contributed by atoms with Crippen molar-refractivity contribution in [1.29, 1.82) is 0 Å². The van der Waals surface area contributed by atoms with Gasteiger partial charge in [0.15, 0.2) is 5.75 Å². The number of nitrogens with one attached hydrogen (secondary N) is 2. The number of aromatic nitrogens is 3. The lowest BCUT2D eigenvalue weighted by Gasteiger charge is -2.22. The van der Waals surface area contributed by atoms with Crippen LogP contribution in [0.1, 0.15) is 42.1 Å². The zero-order chi connectivity index (χ0) is 24.4. The number of amides is 2. The van der Waals surface area contributed by atoms with Crippen molar-refractivity contribution in [2.45, 2.75) is 31.7 Å². The SMILES string of the molecule is COc1c(Nc2cc(NC(=O)C3CC3)ncc2C(N)=O)cccc1-c1ccn(C2CCCOC2)n1. The number of nitrogens with two attached hydrogens (primary N) is 1. The number of carbonyl (C=O) groups excluding carboxylic acids is 2. The predicted molar refractivity (Wildman–Crippen MR) is 131 cm³/mol. The van der Waals surface area contributed by atoms with Crippen molar-refractivity contribution < 1.29 is 19.1 Å². The van der Waals surface area contributed by atoms with Crippen molar-refractivity contribution in [3.05, 3.63) is 48.3 Å². The first-order chi connectivity index (χ1) is 17.0. The summed E-state index contributed by atoms with van der Waals surface area (Å²) in [7, 11) is 1.58. The molecule has 0 spiro atoms. The van der Waals surface area contributed by atoms with E-state index >= 15 is 0 Å². The molecule has 1 unspecified atom stereocenters. The molecule has 1 aliphatic heterocycles. The van der Waals surface area contributed by atoms with E-state index in [0.717, 1.165) is 43.5 Å². The Balaban J connectivity index is 1.45. The minimum atomic E-state index is -0.636. The normalized spacial score (nSPS) is 17.6. The number of para-hydroxylation sites is 1. The van der Waals surface area contributed by atoms with Crippen LogP contribution in [0.4, 0.5) is 17.2 Å². The van der Waals surface area contributed by atoms with Gasteiger partial charge in [-0.15, -0.1) is 0 Å². The lowest BCUT2D eigenvalue weighted by molar-refractivity contribution is -0.117. The second-order valence-corrected chi connectivity index (χ2v) is 8.81. The molecule has 2 amide bonds. The van der Waals surface area contributed by atoms with Crippen molar-refractivity contribution in [3.8, 4) is 17.0 Å². The summed E-state index contributed by atoms with van der Waals surface area (Å²) >= 11 is 0. The molecular weight excluding hydrogens is 448 g/mol. The number of primary amides is 1. The molecule has 1 saturated heterocycles. The van der Waals surface area contributed by atoms with Gasteiger partial charge < -0.3 is 25.8 Å². The Morgan fingerprint density at radius 1 is 1.20 bits per heavy atom. The number of methoxy groups -OCH3 is 1. The number of rotatable bonds is 8. The molecule has 10 heteroatoms. The fraction of sp³-hybridized carbons (Fsp3) is 0.360. The lowest BCUT2D eigenvalue weighted by atomic mass is 10.1. The molecule has 3 heterocycles. The van der Waals surface area contributed by atoms with Gasteiger partial charge in [-0.25, -0.2) is 4.98 Å². The third-order valence-electron chi connectivity index (χ3n) is 6.25. The third-order valence-corrected chi connectivity index (χ3v) is 6.25. The molecule has 1 atom stereocenters. The zero-order valence-corrected chi connectivity index (χ0v) is 19.5. The van der Waals surface area contributed by atoms with E-state index in [0.29, 0.717) is 29.5 Å². The fourth-order valence-corrected chi connectivity index (χ4v) is 4.22. The number of pyridine rings is 1. The van der Waals surface area contributed by atoms with Gasteiger partial charge in [-0.05, 0) is 43.9 Å². The average Bonchev–Trinajstić information content (AvgIpc) is 3.61. The van der Waals surface area contributed by atoms with Crippen molar-refractivity contribution >= 4 is 29.0 Å². The van der Waals surface area contributed by atoms with Gasteiger partial charge in [-0.2, -0.15) is 5.10 Å². The quantitative estimate of drug-likeness (QED) is 0.453. The second kappa shape index (κ2) is 9.75. The molecule has 1 saturated carbocycles. The van der Waals surface area contributed by atoms with Crippen LogP contribution in [0, 0.1) is 5.92 Å². The van der Waals surface area contributed by atoms with Gasteiger partial charge in [0.25, 0.3) is 5.91 Å². The van der Waals surface area contributed by atoms with Gasteiger partial charge >= 0.3 is 0 Å². The molecule has 0 radical (unpaired) electrons. The Morgan fingerprint density at radius 2 is 2.06 bits per heavy atom. The highest BCUT2D eigenvalue weighted by Gasteiger charge is 2.30. The highest BCUT2D eigenvalue weighted by molar-refractivity contribution is 6.01. The maximum atomic E-state index is 12.2. The van der Waals surface area contributed by atoms with E-state index in [2.05, 4.69) is 15.6 Å². The first-order valence-electron chi connectivity index (χ1n) is 11.7. The van der Waals surface area contributed by atoms with Gasteiger partial charge in [0.05, 0.1) is 42.4 Å². The van der Waals surface area contributed by atoms with Crippen LogP contribution in [0.2, 0.25) is 0 Å². The van der Waals surface area contributed by atoms with Crippen LogP contribution in [0.3, 0.4) is 0 Å². The average molecular weight is 477 g/mol. The summed E-state index contributed by atoms with van der Waals surface area (Å²) < 4.78 is 13.3. The first kappa shape index (κ1) is 22.9. The Labute approximate surface area is 202 Å². The summed E-state index contributed by atoms with van der Waals surface area (Å²) in [5, 5.41) is 10.8. The molecule has 0 bridgehead atoms. The standard InChI is InChI=1S/C25H28N6O4/c1-34-23-17(19-9-10-31(30-19)16-4-3-11-35-14-16)5-2-6-20(23)28-21-12-22(27-13-18(21)24(26)32)29-25(33)15-7-8-15/h2,5-6,9-10,12-13,15-16H,3-4,7-8,11,14H2,1H3,(H2,26,32)(H2,27,28,29,33). The Kier molecular flexibility index (Phi) is 6.37. The van der Waals surface area contributed by atoms with E-state index in [1.165, 1.54) is 6.20 Å². The number of benzene rings is 1. The summed E-state index contributed by atoms with van der Waals surface area (Å²) in [6.45, 7) is 1.44. The first-order valence-corrected chi connectivity index (χ1v) is 11.7. The largest absolute Gasteiger partial charge is 0.494 e. The molecule has 2 aromatic heterocycles. The highest BCUT2D eigenvalue weighted by Crippen LogP contribution is 2.38. The van der Waals surface area contributed by atoms with Crippen LogP contribution in [0.25, 0.3) is 11.3 Å². The van der Waals surface area contributed by atoms with Crippen LogP contribution in [-0.2, 0) is 9.53 Å². The van der Waals surface area contributed by atoms with E-state index in [4.69, 9.17) is 20.3 Å². The van der Waals surface area contributed by atoms with E-state index in [1.54, 1.807) is 13.2 Å². The maximum absolute atomic E-state index is 12.2. The van der Waals surface area contributed by atoms with Crippen LogP contribution >= 0.6 is 0 Å². The fourth-order valence-electron chi connectivity index (χ4n) is 4.22. The van der Waals surface area contributed by atoms with Gasteiger partial charge in [0, 0.05) is 36.5 Å². The lowest BCUT2D eigenvalue weighted by Crippen LogP contribution is -2.21. The molecular formula is C25H28N6O4. The summed E-state index contributed by atoms with van der Waals surface area (Å²) in [6.07, 6.45) is 7.11. The van der Waals surface area contributed by atoms with Gasteiger partial charge in [-0.1, -0.05) is 6.07 Å². The molecule has 182 valence electrons. The van der Waals surface area contributed by atoms with E-state index < -0.39 is 5.91 Å². The number of ether oxygens (including phenoxy) is 2. The molecule has 5 rings (SSSR count). The number of nitrogens with zero attached hydrogens (tertiary/aromatic N) is 3. The second-order valence-electron chi connectivity index (χ2n) is 8.81. The topological polar surface area (TPSA) is 133 Å². The summed E-state index contributed by atoms with van der Waals surface area (Å²) in [4.78, 5) is 28.4. The van der Waals surface area contributed by atoms with Crippen LogP contribution in [0.15, 0.2) is 42.7 Å². The van der Waals surface area contributed by atoms with Crippen molar-refractivity contribution in [1.82, 2.24) is 14.8 Å². The van der Waals surface area contributed by atoms with E-state index in [-0.39, 0.29) is 23.4 Å². The number of carbonyl (C=O) groups is 2. The predicted octanol–water partition coefficient (Wildman–Crippen LogP) is 3.50. The summed E-state index contributed by atoms with van der Waals surface area (Å²) in [5.74, 6) is 0.227. The van der Waals surface area contributed by atoms with Crippen LogP contribution < -0.4 is 21.1 Å². The van der Waals surface area contributed by atoms with Crippen LogP contribution in [-0.4, -0.2) is 46.9 Å². The summed E-state index contributed by atoms with van der Waals surface area (Å²) in [5.41, 5.74) is 8.37. The molecule has 1 aromatic carbocycles.